The molecule has 2 rings (SSSR count). The fourth-order valence-electron chi connectivity index (χ4n) is 1.31. The van der Waals surface area contributed by atoms with Crippen molar-refractivity contribution in [3.63, 3.8) is 0 Å². The van der Waals surface area contributed by atoms with Crippen LogP contribution in [-0.2, 0) is 6.42 Å². The summed E-state index contributed by atoms with van der Waals surface area (Å²) in [6.07, 6.45) is 0.386. The molecule has 0 aliphatic rings. The van der Waals surface area contributed by atoms with Crippen LogP contribution < -0.4 is 0 Å². The van der Waals surface area contributed by atoms with E-state index in [0.29, 0.717) is 6.29 Å². The van der Waals surface area contributed by atoms with E-state index >= 15 is 0 Å². The Hall–Kier alpha value is -2.11. The van der Waals surface area contributed by atoms with Crippen LogP contribution in [-0.4, -0.2) is 21.5 Å². The van der Waals surface area contributed by atoms with E-state index in [4.69, 9.17) is 0 Å². The van der Waals surface area contributed by atoms with Gasteiger partial charge in [-0.25, -0.2) is 13.8 Å². The first kappa shape index (κ1) is 10.4. The van der Waals surface area contributed by atoms with E-state index in [1.165, 1.54) is 6.07 Å². The van der Waals surface area contributed by atoms with Crippen LogP contribution >= 0.6 is 0 Å². The van der Waals surface area contributed by atoms with E-state index in [-0.39, 0.29) is 23.6 Å². The monoisotopic (exact) mass is 223 g/mol. The van der Waals surface area contributed by atoms with E-state index in [1.54, 1.807) is 0 Å². The Morgan fingerprint density at radius 1 is 1.31 bits per heavy atom. The van der Waals surface area contributed by atoms with Crippen LogP contribution in [0.25, 0.3) is 0 Å². The second kappa shape index (κ2) is 4.18. The third-order valence-corrected chi connectivity index (χ3v) is 2.06. The molecule has 1 aromatic carbocycles. The van der Waals surface area contributed by atoms with Gasteiger partial charge < -0.3 is 0 Å². The maximum Gasteiger partial charge on any atom is 0.214 e. The molecule has 0 amide bonds. The predicted molar refractivity (Wildman–Crippen MR) is 50.9 cm³/mol. The highest BCUT2D eigenvalue weighted by atomic mass is 19.1. The third kappa shape index (κ3) is 1.95. The Morgan fingerprint density at radius 3 is 2.56 bits per heavy atom. The van der Waals surface area contributed by atoms with Gasteiger partial charge in [-0.1, -0.05) is 6.07 Å². The highest BCUT2D eigenvalue weighted by molar-refractivity contribution is 5.68. The Bertz CT molecular complexity index is 504. The molecule has 82 valence electrons. The van der Waals surface area contributed by atoms with Crippen molar-refractivity contribution in [2.24, 2.45) is 0 Å². The summed E-state index contributed by atoms with van der Waals surface area (Å²) in [5.74, 6) is -1.09. The number of aldehydes is 1. The predicted octanol–water partition coefficient (Wildman–Crippen LogP) is 1.49. The molecule has 0 fully saturated rings. The topological polar surface area (TPSA) is 58.6 Å². The molecule has 4 nitrogen and oxygen atoms in total. The molecule has 1 aromatic heterocycles. The van der Waals surface area contributed by atoms with Crippen molar-refractivity contribution in [2.75, 3.05) is 0 Å². The fraction of sp³-hybridized carbons (Fsp3) is 0.100. The zero-order valence-corrected chi connectivity index (χ0v) is 8.08. The molecule has 16 heavy (non-hydrogen) atoms. The first-order chi connectivity index (χ1) is 7.70. The summed E-state index contributed by atoms with van der Waals surface area (Å²) in [4.78, 5) is 14.1. The quantitative estimate of drug-likeness (QED) is 0.802. The average Bonchev–Trinajstić information content (AvgIpc) is 2.71. The number of hydrogen-bond donors (Lipinski definition) is 1. The molecular formula is C10H7F2N3O. The number of carbonyl (C=O) groups is 1. The van der Waals surface area contributed by atoms with E-state index in [2.05, 4.69) is 15.2 Å². The summed E-state index contributed by atoms with van der Waals surface area (Å²) >= 11 is 0. The summed E-state index contributed by atoms with van der Waals surface area (Å²) in [5.41, 5.74) is -0.101. The maximum absolute atomic E-state index is 13.3. The van der Waals surface area contributed by atoms with Crippen LogP contribution in [0.4, 0.5) is 8.78 Å². The van der Waals surface area contributed by atoms with Crippen LogP contribution in [0.3, 0.4) is 0 Å². The Balaban J connectivity index is 2.29. The normalized spacial score (nSPS) is 10.4. The van der Waals surface area contributed by atoms with Gasteiger partial charge >= 0.3 is 0 Å². The highest BCUT2D eigenvalue weighted by Crippen LogP contribution is 2.14. The number of carbonyl (C=O) groups excluding carboxylic acids is 1. The number of nitrogens with one attached hydrogen (secondary N) is 1. The van der Waals surface area contributed by atoms with Gasteiger partial charge in [0, 0.05) is 12.0 Å². The van der Waals surface area contributed by atoms with Crippen molar-refractivity contribution in [1.82, 2.24) is 15.2 Å². The maximum atomic E-state index is 13.3. The van der Waals surface area contributed by atoms with Crippen LogP contribution in [0.2, 0.25) is 0 Å². The molecule has 2 aromatic rings. The smallest absolute Gasteiger partial charge is 0.214 e. The zero-order chi connectivity index (χ0) is 11.5. The van der Waals surface area contributed by atoms with Gasteiger partial charge in [0.05, 0.1) is 0 Å². The molecule has 1 heterocycles. The van der Waals surface area contributed by atoms with Crippen molar-refractivity contribution in [3.8, 4) is 0 Å². The number of H-pyrrole nitrogens is 1. The summed E-state index contributed by atoms with van der Waals surface area (Å²) in [5, 5.41) is 5.98. The number of benzene rings is 1. The van der Waals surface area contributed by atoms with Gasteiger partial charge in [-0.15, -0.1) is 0 Å². The molecule has 0 aliphatic carbocycles. The van der Waals surface area contributed by atoms with Crippen molar-refractivity contribution >= 4 is 6.29 Å². The zero-order valence-electron chi connectivity index (χ0n) is 8.08. The largest absolute Gasteiger partial charge is 0.294 e. The van der Waals surface area contributed by atoms with Crippen molar-refractivity contribution in [3.05, 3.63) is 47.0 Å². The number of rotatable bonds is 3. The highest BCUT2D eigenvalue weighted by Gasteiger charge is 2.11. The van der Waals surface area contributed by atoms with Crippen molar-refractivity contribution in [2.45, 2.75) is 6.42 Å². The summed E-state index contributed by atoms with van der Waals surface area (Å²) in [6, 6.07) is 3.61. The Kier molecular flexibility index (Phi) is 2.72. The van der Waals surface area contributed by atoms with Crippen LogP contribution in [0, 0.1) is 11.6 Å². The second-order valence-electron chi connectivity index (χ2n) is 3.14. The number of hydrogen-bond acceptors (Lipinski definition) is 3. The number of aromatic amines is 1. The van der Waals surface area contributed by atoms with Gasteiger partial charge in [0.25, 0.3) is 0 Å². The van der Waals surface area contributed by atoms with Crippen LogP contribution in [0.15, 0.2) is 18.2 Å². The van der Waals surface area contributed by atoms with E-state index in [9.17, 15) is 13.6 Å². The van der Waals surface area contributed by atoms with Gasteiger partial charge in [-0.05, 0) is 12.1 Å². The molecule has 0 saturated carbocycles. The van der Waals surface area contributed by atoms with Crippen molar-refractivity contribution < 1.29 is 13.6 Å². The Labute approximate surface area is 89.3 Å². The van der Waals surface area contributed by atoms with E-state index < -0.39 is 11.6 Å². The first-order valence-electron chi connectivity index (χ1n) is 4.50. The third-order valence-electron chi connectivity index (χ3n) is 2.06. The SMILES string of the molecule is O=Cc1n[nH]c(Cc2c(F)cccc2F)n1. The standard InChI is InChI=1S/C10H7F2N3O/c11-7-2-1-3-8(12)6(7)4-9-13-10(5-16)15-14-9/h1-3,5H,4H2,(H,13,14,15). The summed E-state index contributed by atoms with van der Waals surface area (Å²) in [7, 11) is 0. The number of aromatic nitrogens is 3. The van der Waals surface area contributed by atoms with Gasteiger partial charge in [0.1, 0.15) is 17.5 Å². The number of nitrogens with zero attached hydrogens (tertiary/aromatic N) is 2. The fourth-order valence-corrected chi connectivity index (χ4v) is 1.31. The van der Waals surface area contributed by atoms with Gasteiger partial charge in [-0.2, -0.15) is 5.10 Å². The molecular weight excluding hydrogens is 216 g/mol. The molecule has 0 unspecified atom stereocenters. The lowest BCUT2D eigenvalue weighted by molar-refractivity contribution is 0.111. The van der Waals surface area contributed by atoms with Crippen LogP contribution in [0.5, 0.6) is 0 Å². The molecule has 0 atom stereocenters. The van der Waals surface area contributed by atoms with Crippen LogP contribution in [0.1, 0.15) is 22.0 Å². The van der Waals surface area contributed by atoms with Crippen molar-refractivity contribution in [1.29, 1.82) is 0 Å². The minimum Gasteiger partial charge on any atom is -0.294 e. The summed E-state index contributed by atoms with van der Waals surface area (Å²) in [6.45, 7) is 0. The molecule has 1 N–H and O–H groups in total. The molecule has 6 heteroatoms. The van der Waals surface area contributed by atoms with Gasteiger partial charge in [-0.3, -0.25) is 9.89 Å². The minimum atomic E-state index is -0.649. The lowest BCUT2D eigenvalue weighted by Crippen LogP contribution is -1.98. The summed E-state index contributed by atoms with van der Waals surface area (Å²) < 4.78 is 26.5. The number of halogens is 2. The lowest BCUT2D eigenvalue weighted by atomic mass is 10.1. The average molecular weight is 223 g/mol. The lowest BCUT2D eigenvalue weighted by Gasteiger charge is -2.01. The van der Waals surface area contributed by atoms with Gasteiger partial charge in [0.2, 0.25) is 5.82 Å². The molecule has 0 bridgehead atoms. The Morgan fingerprint density at radius 2 is 2.00 bits per heavy atom. The molecule has 0 saturated heterocycles. The second-order valence-corrected chi connectivity index (χ2v) is 3.14. The molecule has 0 aliphatic heterocycles. The van der Waals surface area contributed by atoms with Gasteiger partial charge in [0.15, 0.2) is 6.29 Å². The van der Waals surface area contributed by atoms with E-state index in [1.807, 2.05) is 0 Å². The molecule has 0 spiro atoms. The molecule has 0 radical (unpaired) electrons. The first-order valence-corrected chi connectivity index (χ1v) is 4.50. The van der Waals surface area contributed by atoms with E-state index in [0.717, 1.165) is 12.1 Å². The minimum absolute atomic E-state index is 0.0354.